The first-order chi connectivity index (χ1) is 14.1. The van der Waals surface area contributed by atoms with Crippen LogP contribution in [0, 0.1) is 0 Å². The molecule has 0 spiro atoms. The van der Waals surface area contributed by atoms with Crippen molar-refractivity contribution in [3.63, 3.8) is 0 Å². The number of carbonyl (C=O) groups excluding carboxylic acids is 1. The topological polar surface area (TPSA) is 82.5 Å². The van der Waals surface area contributed by atoms with Crippen LogP contribution in [0.3, 0.4) is 0 Å². The fraction of sp³-hybridized carbons (Fsp3) is 0.150. The zero-order valence-corrected chi connectivity index (χ0v) is 16.5. The minimum atomic E-state index is -0.287. The number of carbonyl (C=O) groups is 1. The smallest absolute Gasteiger partial charge is 0.271 e. The molecule has 0 fully saturated rings. The second-order valence-corrected chi connectivity index (χ2v) is 7.99. The third-order valence-corrected chi connectivity index (χ3v) is 6.11. The molecule has 9 heteroatoms. The van der Waals surface area contributed by atoms with Gasteiger partial charge in [0.15, 0.2) is 11.5 Å². The Morgan fingerprint density at radius 2 is 2.10 bits per heavy atom. The van der Waals surface area contributed by atoms with Gasteiger partial charge >= 0.3 is 0 Å². The number of fused-ring (bicyclic) bond motifs is 4. The van der Waals surface area contributed by atoms with E-state index in [4.69, 9.17) is 21.1 Å². The van der Waals surface area contributed by atoms with Crippen LogP contribution in [-0.2, 0) is 17.9 Å². The minimum absolute atomic E-state index is 0.117. The highest BCUT2D eigenvalue weighted by molar-refractivity contribution is 7.25. The van der Waals surface area contributed by atoms with Crippen LogP contribution in [0.5, 0.6) is 11.5 Å². The van der Waals surface area contributed by atoms with Crippen LogP contribution in [0.1, 0.15) is 5.56 Å². The van der Waals surface area contributed by atoms with Crippen molar-refractivity contribution < 1.29 is 14.3 Å². The van der Waals surface area contributed by atoms with Gasteiger partial charge in [-0.1, -0.05) is 23.7 Å². The molecule has 0 radical (unpaired) electrons. The lowest BCUT2D eigenvalue weighted by Crippen LogP contribution is -2.31. The van der Waals surface area contributed by atoms with Gasteiger partial charge in [0.25, 0.3) is 5.56 Å². The molecule has 0 unspecified atom stereocenters. The Bertz CT molecular complexity index is 1330. The average molecular weight is 428 g/mol. The number of nitrogens with zero attached hydrogens (tertiary/aromatic N) is 2. The van der Waals surface area contributed by atoms with Gasteiger partial charge < -0.3 is 14.8 Å². The van der Waals surface area contributed by atoms with Crippen molar-refractivity contribution in [1.82, 2.24) is 14.9 Å². The lowest BCUT2D eigenvalue weighted by molar-refractivity contribution is -0.121. The molecule has 5 rings (SSSR count). The summed E-state index contributed by atoms with van der Waals surface area (Å²) in [5.41, 5.74) is 1.19. The number of ether oxygens (including phenoxy) is 2. The number of amides is 1. The number of hydrogen-bond acceptors (Lipinski definition) is 6. The van der Waals surface area contributed by atoms with Crippen molar-refractivity contribution in [3.8, 4) is 11.5 Å². The lowest BCUT2D eigenvalue weighted by atomic mass is 10.2. The van der Waals surface area contributed by atoms with Gasteiger partial charge in [0.2, 0.25) is 12.7 Å². The standard InChI is InChI=1S/C20H14ClN3O4S/c21-12-2-1-3-15-17(12)18-19(29-15)20(26)24(9-23-18)8-16(25)22-7-11-4-5-13-14(6-11)28-10-27-13/h1-6,9H,7-8,10H2,(H,22,25). The first-order valence-corrected chi connectivity index (χ1v) is 10.0. The summed E-state index contributed by atoms with van der Waals surface area (Å²) in [6, 6.07) is 11.0. The Balaban J connectivity index is 1.35. The molecule has 0 bridgehead atoms. The minimum Gasteiger partial charge on any atom is -0.454 e. The first kappa shape index (κ1) is 18.0. The Labute approximate surface area is 173 Å². The Morgan fingerprint density at radius 1 is 1.24 bits per heavy atom. The molecular weight excluding hydrogens is 414 g/mol. The van der Waals surface area contributed by atoms with Crippen LogP contribution in [0.2, 0.25) is 5.02 Å². The van der Waals surface area contributed by atoms with Crippen molar-refractivity contribution in [2.45, 2.75) is 13.1 Å². The largest absolute Gasteiger partial charge is 0.454 e. The van der Waals surface area contributed by atoms with E-state index < -0.39 is 0 Å². The predicted molar refractivity (Wildman–Crippen MR) is 111 cm³/mol. The molecule has 0 saturated carbocycles. The monoisotopic (exact) mass is 427 g/mol. The molecule has 1 amide bonds. The van der Waals surface area contributed by atoms with E-state index in [1.165, 1.54) is 22.2 Å². The Kier molecular flexibility index (Phi) is 4.37. The summed E-state index contributed by atoms with van der Waals surface area (Å²) in [7, 11) is 0. The SMILES string of the molecule is O=C(Cn1cnc2c(sc3cccc(Cl)c32)c1=O)NCc1ccc2c(c1)OCO2. The maximum Gasteiger partial charge on any atom is 0.271 e. The number of thiophene rings is 1. The molecule has 1 N–H and O–H groups in total. The molecule has 2 aromatic carbocycles. The van der Waals surface area contributed by atoms with Gasteiger partial charge in [0.05, 0.1) is 16.9 Å². The number of rotatable bonds is 4. The van der Waals surface area contributed by atoms with Gasteiger partial charge in [-0.25, -0.2) is 4.98 Å². The van der Waals surface area contributed by atoms with E-state index in [0.29, 0.717) is 33.3 Å². The summed E-state index contributed by atoms with van der Waals surface area (Å²) in [4.78, 5) is 29.6. The molecular formula is C20H14ClN3O4S. The number of nitrogens with one attached hydrogen (secondary N) is 1. The Morgan fingerprint density at radius 3 is 3.00 bits per heavy atom. The maximum absolute atomic E-state index is 12.8. The van der Waals surface area contributed by atoms with E-state index in [9.17, 15) is 9.59 Å². The van der Waals surface area contributed by atoms with Gasteiger partial charge in [-0.05, 0) is 29.8 Å². The van der Waals surface area contributed by atoms with Crippen LogP contribution in [-0.4, -0.2) is 22.3 Å². The molecule has 2 aromatic heterocycles. The van der Waals surface area contributed by atoms with Crippen molar-refractivity contribution in [3.05, 3.63) is 63.7 Å². The second kappa shape index (κ2) is 7.06. The number of aromatic nitrogens is 2. The van der Waals surface area contributed by atoms with Crippen molar-refractivity contribution >= 4 is 49.1 Å². The number of benzene rings is 2. The maximum atomic E-state index is 12.8. The third-order valence-electron chi connectivity index (χ3n) is 4.66. The van der Waals surface area contributed by atoms with Crippen molar-refractivity contribution in [2.24, 2.45) is 0 Å². The predicted octanol–water partition coefficient (Wildman–Crippen LogP) is 3.31. The van der Waals surface area contributed by atoms with Crippen LogP contribution in [0.15, 0.2) is 47.5 Å². The van der Waals surface area contributed by atoms with Crippen LogP contribution < -0.4 is 20.3 Å². The number of hydrogen-bond donors (Lipinski definition) is 1. The average Bonchev–Trinajstić information content (AvgIpc) is 3.33. The molecule has 29 heavy (non-hydrogen) atoms. The highest BCUT2D eigenvalue weighted by Gasteiger charge is 2.16. The Hall–Kier alpha value is -3.10. The van der Waals surface area contributed by atoms with Crippen LogP contribution in [0.4, 0.5) is 0 Å². The van der Waals surface area contributed by atoms with E-state index in [1.807, 2.05) is 24.3 Å². The van der Waals surface area contributed by atoms with Gasteiger partial charge in [-0.15, -0.1) is 11.3 Å². The highest BCUT2D eigenvalue weighted by atomic mass is 35.5. The lowest BCUT2D eigenvalue weighted by Gasteiger charge is -2.08. The summed E-state index contributed by atoms with van der Waals surface area (Å²) in [6.07, 6.45) is 1.39. The van der Waals surface area contributed by atoms with E-state index in [0.717, 1.165) is 15.6 Å². The first-order valence-electron chi connectivity index (χ1n) is 8.81. The third kappa shape index (κ3) is 3.20. The van der Waals surface area contributed by atoms with Gasteiger partial charge in [-0.3, -0.25) is 14.2 Å². The van der Waals surface area contributed by atoms with Gasteiger partial charge in [0.1, 0.15) is 11.2 Å². The summed E-state index contributed by atoms with van der Waals surface area (Å²) >= 11 is 7.59. The van der Waals surface area contributed by atoms with Crippen LogP contribution in [0.25, 0.3) is 20.3 Å². The highest BCUT2D eigenvalue weighted by Crippen LogP contribution is 2.35. The van der Waals surface area contributed by atoms with E-state index in [1.54, 1.807) is 12.1 Å². The normalized spacial score (nSPS) is 12.6. The zero-order valence-electron chi connectivity index (χ0n) is 15.0. The fourth-order valence-corrected chi connectivity index (χ4v) is 4.70. The van der Waals surface area contributed by atoms with Crippen molar-refractivity contribution in [1.29, 1.82) is 0 Å². The molecule has 1 aliphatic heterocycles. The fourth-order valence-electron chi connectivity index (χ4n) is 3.24. The summed E-state index contributed by atoms with van der Waals surface area (Å²) < 4.78 is 13.3. The molecule has 4 aromatic rings. The molecule has 0 atom stereocenters. The summed E-state index contributed by atoms with van der Waals surface area (Å²) in [5, 5.41) is 4.13. The molecule has 0 saturated heterocycles. The molecule has 7 nitrogen and oxygen atoms in total. The van der Waals surface area contributed by atoms with E-state index >= 15 is 0 Å². The zero-order chi connectivity index (χ0) is 20.0. The quantitative estimate of drug-likeness (QED) is 0.540. The summed E-state index contributed by atoms with van der Waals surface area (Å²) in [5.74, 6) is 1.06. The van der Waals surface area contributed by atoms with Gasteiger partial charge in [-0.2, -0.15) is 0 Å². The summed E-state index contributed by atoms with van der Waals surface area (Å²) in [6.45, 7) is 0.402. The van der Waals surface area contributed by atoms with Crippen molar-refractivity contribution in [2.75, 3.05) is 6.79 Å². The van der Waals surface area contributed by atoms with E-state index in [2.05, 4.69) is 10.3 Å². The molecule has 3 heterocycles. The molecule has 0 aliphatic carbocycles. The number of halogens is 1. The molecule has 146 valence electrons. The van der Waals surface area contributed by atoms with Gasteiger partial charge in [0, 0.05) is 16.6 Å². The second-order valence-electron chi connectivity index (χ2n) is 6.53. The van der Waals surface area contributed by atoms with E-state index in [-0.39, 0.29) is 24.8 Å². The molecule has 1 aliphatic rings. The van der Waals surface area contributed by atoms with Crippen LogP contribution >= 0.6 is 22.9 Å².